The maximum atomic E-state index is 12.6. The van der Waals surface area contributed by atoms with Gasteiger partial charge >= 0.3 is 0 Å². The molecule has 1 aromatic carbocycles. The van der Waals surface area contributed by atoms with Crippen LogP contribution in [0.4, 0.5) is 0 Å². The van der Waals surface area contributed by atoms with E-state index in [1.54, 1.807) is 0 Å². The molecule has 5 nitrogen and oxygen atoms in total. The number of amides is 1. The Balaban J connectivity index is 1.53. The van der Waals surface area contributed by atoms with Gasteiger partial charge in [0, 0.05) is 6.54 Å². The Bertz CT molecular complexity index is 548. The summed E-state index contributed by atoms with van der Waals surface area (Å²) < 4.78 is 17.0. The van der Waals surface area contributed by atoms with Crippen molar-refractivity contribution in [2.45, 2.75) is 51.9 Å². The molecule has 1 unspecified atom stereocenters. The zero-order chi connectivity index (χ0) is 16.9. The second-order valence-electron chi connectivity index (χ2n) is 6.68. The SMILES string of the molecule is Cc1cc(C)cc(OCCC(=O)N2CCCCC2C2OCCO2)c1. The summed E-state index contributed by atoms with van der Waals surface area (Å²) in [6.45, 7) is 6.53. The Morgan fingerprint density at radius 1 is 1.17 bits per heavy atom. The van der Waals surface area contributed by atoms with Gasteiger partial charge in [-0.3, -0.25) is 4.79 Å². The van der Waals surface area contributed by atoms with Crippen molar-refractivity contribution in [3.63, 3.8) is 0 Å². The molecule has 0 aliphatic carbocycles. The first-order valence-electron chi connectivity index (χ1n) is 8.87. The molecule has 2 aliphatic rings. The highest BCUT2D eigenvalue weighted by Gasteiger charge is 2.35. The van der Waals surface area contributed by atoms with E-state index in [0.717, 1.165) is 31.6 Å². The van der Waals surface area contributed by atoms with E-state index in [9.17, 15) is 4.79 Å². The van der Waals surface area contributed by atoms with Gasteiger partial charge in [0.15, 0.2) is 6.29 Å². The Labute approximate surface area is 143 Å². The summed E-state index contributed by atoms with van der Waals surface area (Å²) >= 11 is 0. The maximum Gasteiger partial charge on any atom is 0.226 e. The van der Waals surface area contributed by atoms with Crippen LogP contribution in [0.15, 0.2) is 18.2 Å². The van der Waals surface area contributed by atoms with Gasteiger partial charge < -0.3 is 19.1 Å². The lowest BCUT2D eigenvalue weighted by Gasteiger charge is -2.38. The number of nitrogens with zero attached hydrogens (tertiary/aromatic N) is 1. The first-order valence-corrected chi connectivity index (χ1v) is 8.87. The molecule has 2 fully saturated rings. The number of benzene rings is 1. The van der Waals surface area contributed by atoms with E-state index in [1.165, 1.54) is 11.1 Å². The van der Waals surface area contributed by atoms with Crippen LogP contribution in [-0.2, 0) is 14.3 Å². The molecule has 1 aromatic rings. The van der Waals surface area contributed by atoms with Crippen LogP contribution >= 0.6 is 0 Å². The number of piperidine rings is 1. The van der Waals surface area contributed by atoms with Gasteiger partial charge in [-0.15, -0.1) is 0 Å². The highest BCUT2D eigenvalue weighted by molar-refractivity contribution is 5.76. The van der Waals surface area contributed by atoms with E-state index in [0.29, 0.717) is 26.2 Å². The summed E-state index contributed by atoms with van der Waals surface area (Å²) in [5, 5.41) is 0. The molecule has 0 bridgehead atoms. The molecule has 2 saturated heterocycles. The summed E-state index contributed by atoms with van der Waals surface area (Å²) in [6, 6.07) is 6.16. The minimum Gasteiger partial charge on any atom is -0.493 e. The molecule has 0 aromatic heterocycles. The molecule has 3 rings (SSSR count). The van der Waals surface area contributed by atoms with Crippen LogP contribution in [0, 0.1) is 13.8 Å². The second kappa shape index (κ2) is 7.99. The number of ether oxygens (including phenoxy) is 3. The topological polar surface area (TPSA) is 48.0 Å². The number of likely N-dealkylation sites (tertiary alicyclic amines) is 1. The summed E-state index contributed by atoms with van der Waals surface area (Å²) in [7, 11) is 0. The van der Waals surface area contributed by atoms with Gasteiger partial charge in [-0.1, -0.05) is 6.07 Å². The number of rotatable bonds is 5. The Morgan fingerprint density at radius 2 is 1.88 bits per heavy atom. The molecule has 0 spiro atoms. The van der Waals surface area contributed by atoms with Gasteiger partial charge in [0.05, 0.1) is 32.3 Å². The number of hydrogen-bond donors (Lipinski definition) is 0. The highest BCUT2D eigenvalue weighted by atomic mass is 16.7. The normalized spacial score (nSPS) is 21.9. The van der Waals surface area contributed by atoms with Crippen molar-refractivity contribution < 1.29 is 19.0 Å². The van der Waals surface area contributed by atoms with Crippen molar-refractivity contribution in [2.75, 3.05) is 26.4 Å². The number of carbonyl (C=O) groups is 1. The van der Waals surface area contributed by atoms with Gasteiger partial charge in [-0.2, -0.15) is 0 Å². The predicted octanol–water partition coefficient (Wildman–Crippen LogP) is 2.83. The molecule has 1 amide bonds. The molecule has 2 heterocycles. The van der Waals surface area contributed by atoms with Crippen LogP contribution in [0.2, 0.25) is 0 Å². The average Bonchev–Trinajstić information content (AvgIpc) is 3.08. The summed E-state index contributed by atoms with van der Waals surface area (Å²) in [5.74, 6) is 0.959. The van der Waals surface area contributed by atoms with Gasteiger partial charge in [-0.25, -0.2) is 0 Å². The third-order valence-electron chi connectivity index (χ3n) is 4.61. The van der Waals surface area contributed by atoms with Gasteiger partial charge in [0.1, 0.15) is 5.75 Å². The zero-order valence-corrected chi connectivity index (χ0v) is 14.6. The van der Waals surface area contributed by atoms with Crippen molar-refractivity contribution in [3.8, 4) is 5.75 Å². The smallest absolute Gasteiger partial charge is 0.226 e. The number of hydrogen-bond acceptors (Lipinski definition) is 4. The lowest BCUT2D eigenvalue weighted by molar-refractivity contribution is -0.151. The molecule has 24 heavy (non-hydrogen) atoms. The second-order valence-corrected chi connectivity index (χ2v) is 6.68. The van der Waals surface area contributed by atoms with E-state index < -0.39 is 0 Å². The Hall–Kier alpha value is -1.59. The van der Waals surface area contributed by atoms with Crippen molar-refractivity contribution >= 4 is 5.91 Å². The molecule has 2 aliphatic heterocycles. The molecule has 132 valence electrons. The van der Waals surface area contributed by atoms with Gasteiger partial charge in [0.25, 0.3) is 0 Å². The molecule has 0 saturated carbocycles. The van der Waals surface area contributed by atoms with Crippen LogP contribution in [0.1, 0.15) is 36.8 Å². The van der Waals surface area contributed by atoms with Gasteiger partial charge in [-0.05, 0) is 56.4 Å². The first-order chi connectivity index (χ1) is 11.6. The summed E-state index contributed by atoms with van der Waals surface area (Å²) in [5.41, 5.74) is 2.34. The molecule has 0 N–H and O–H groups in total. The predicted molar refractivity (Wildman–Crippen MR) is 91.1 cm³/mol. The lowest BCUT2D eigenvalue weighted by atomic mass is 10.0. The third-order valence-corrected chi connectivity index (χ3v) is 4.61. The van der Waals surface area contributed by atoms with Gasteiger partial charge in [0.2, 0.25) is 5.91 Å². The van der Waals surface area contributed by atoms with E-state index in [4.69, 9.17) is 14.2 Å². The minimum atomic E-state index is -0.255. The molecule has 5 heteroatoms. The van der Waals surface area contributed by atoms with E-state index in [-0.39, 0.29) is 18.2 Å². The van der Waals surface area contributed by atoms with Crippen LogP contribution in [0.3, 0.4) is 0 Å². The fourth-order valence-corrected chi connectivity index (χ4v) is 3.56. The van der Waals surface area contributed by atoms with E-state index in [2.05, 4.69) is 6.07 Å². The highest BCUT2D eigenvalue weighted by Crippen LogP contribution is 2.25. The molecule has 1 atom stereocenters. The van der Waals surface area contributed by atoms with Crippen LogP contribution in [0.25, 0.3) is 0 Å². The number of carbonyl (C=O) groups excluding carboxylic acids is 1. The van der Waals surface area contributed by atoms with Crippen LogP contribution in [-0.4, -0.2) is 49.5 Å². The Morgan fingerprint density at radius 3 is 2.58 bits per heavy atom. The van der Waals surface area contributed by atoms with Crippen molar-refractivity contribution in [1.82, 2.24) is 4.90 Å². The van der Waals surface area contributed by atoms with Crippen LogP contribution in [0.5, 0.6) is 5.75 Å². The van der Waals surface area contributed by atoms with Crippen molar-refractivity contribution in [3.05, 3.63) is 29.3 Å². The largest absolute Gasteiger partial charge is 0.493 e. The standard InChI is InChI=1S/C19H27NO4/c1-14-11-15(2)13-16(12-14)22-8-6-18(21)20-7-4-3-5-17(20)19-23-9-10-24-19/h11-13,17,19H,3-10H2,1-2H3. The fraction of sp³-hybridized carbons (Fsp3) is 0.632. The van der Waals surface area contributed by atoms with Crippen molar-refractivity contribution in [1.29, 1.82) is 0 Å². The maximum absolute atomic E-state index is 12.6. The average molecular weight is 333 g/mol. The summed E-state index contributed by atoms with van der Waals surface area (Å²) in [4.78, 5) is 14.6. The number of aryl methyl sites for hydroxylation is 2. The fourth-order valence-electron chi connectivity index (χ4n) is 3.56. The minimum absolute atomic E-state index is 0.0509. The zero-order valence-electron chi connectivity index (χ0n) is 14.6. The van der Waals surface area contributed by atoms with E-state index in [1.807, 2.05) is 30.9 Å². The monoisotopic (exact) mass is 333 g/mol. The first kappa shape index (κ1) is 17.2. The molecule has 0 radical (unpaired) electrons. The van der Waals surface area contributed by atoms with Crippen molar-refractivity contribution in [2.24, 2.45) is 0 Å². The Kier molecular flexibility index (Phi) is 5.74. The lowest BCUT2D eigenvalue weighted by Crippen LogP contribution is -2.50. The quantitative estimate of drug-likeness (QED) is 0.831. The van der Waals surface area contributed by atoms with E-state index >= 15 is 0 Å². The third kappa shape index (κ3) is 4.28. The molecular formula is C19H27NO4. The van der Waals surface area contributed by atoms with Crippen LogP contribution < -0.4 is 4.74 Å². The molecular weight excluding hydrogens is 306 g/mol. The summed E-state index contributed by atoms with van der Waals surface area (Å²) in [6.07, 6.45) is 3.25.